The van der Waals surface area contributed by atoms with Gasteiger partial charge in [-0.3, -0.25) is 5.41 Å². The molecule has 1 saturated heterocycles. The maximum atomic E-state index is 8.33. The Morgan fingerprint density at radius 1 is 1.18 bits per heavy atom. The van der Waals surface area contributed by atoms with Crippen molar-refractivity contribution in [3.8, 4) is 0 Å². The Balaban J connectivity index is 2.00. The van der Waals surface area contributed by atoms with Crippen LogP contribution in [0.3, 0.4) is 0 Å². The number of aryl methyl sites for hydroxylation is 1. The van der Waals surface area contributed by atoms with Crippen molar-refractivity contribution in [1.82, 2.24) is 9.27 Å². The quantitative estimate of drug-likeness (QED) is 0.440. The zero-order chi connectivity index (χ0) is 20.7. The molecule has 152 valence electrons. The minimum Gasteiger partial charge on any atom is -0.325 e. The van der Waals surface area contributed by atoms with E-state index in [1.807, 2.05) is 23.0 Å². The first-order valence-electron chi connectivity index (χ1n) is 9.28. The molecule has 1 aromatic carbocycles. The fraction of sp³-hybridized carbons (Fsp3) is 0.500. The topological polar surface area (TPSA) is 65.2 Å². The average molecular weight is 440 g/mol. The predicted molar refractivity (Wildman–Crippen MR) is 120 cm³/mol. The molecule has 8 heteroatoms. The van der Waals surface area contributed by atoms with Gasteiger partial charge in [-0.1, -0.05) is 34.7 Å². The first-order chi connectivity index (χ1) is 12.9. The monoisotopic (exact) mass is 439 g/mol. The third kappa shape index (κ3) is 5.17. The molecule has 0 spiro atoms. The van der Waals surface area contributed by atoms with Crippen molar-refractivity contribution in [1.29, 1.82) is 5.41 Å². The minimum absolute atomic E-state index is 0.00949. The molecule has 0 saturated carbocycles. The van der Waals surface area contributed by atoms with Gasteiger partial charge in [0.05, 0.1) is 16.1 Å². The van der Waals surface area contributed by atoms with E-state index in [1.54, 1.807) is 12.1 Å². The van der Waals surface area contributed by atoms with Crippen molar-refractivity contribution in [2.75, 3.05) is 5.32 Å². The lowest BCUT2D eigenvalue weighted by Gasteiger charge is -2.45. The Bertz CT molecular complexity index is 942. The molecule has 0 bridgehead atoms. The van der Waals surface area contributed by atoms with Gasteiger partial charge in [0.15, 0.2) is 0 Å². The lowest BCUT2D eigenvalue weighted by atomic mass is 9.80. The highest BCUT2D eigenvalue weighted by Crippen LogP contribution is 2.31. The number of rotatable bonds is 2. The zero-order valence-electron chi connectivity index (χ0n) is 16.9. The van der Waals surface area contributed by atoms with Gasteiger partial charge in [0.25, 0.3) is 0 Å². The van der Waals surface area contributed by atoms with Crippen LogP contribution in [0, 0.1) is 12.3 Å². The van der Waals surface area contributed by atoms with Gasteiger partial charge in [0.1, 0.15) is 5.49 Å². The number of piperidine rings is 1. The van der Waals surface area contributed by atoms with E-state index in [-0.39, 0.29) is 17.1 Å². The van der Waals surface area contributed by atoms with Gasteiger partial charge in [-0.2, -0.15) is 0 Å². The standard InChI is InChI=1S/C20H27Cl2N5S/c1-12-8-17(23)27(28-12)18(24-13-6-7-15(21)16(22)9-13)25-14-10-19(2,3)26-20(4,5)11-14/h6-9,14,23,26H,10-11H2,1-5H3,(H,24,25). The molecule has 28 heavy (non-hydrogen) atoms. The number of aliphatic imine (C=N–C) groups is 1. The van der Waals surface area contributed by atoms with E-state index in [9.17, 15) is 0 Å². The SMILES string of the molecule is Cc1cc(=N)n(C(=NC2CC(C)(C)NC(C)(C)C2)Nc2ccc(Cl)c(Cl)c2)s1. The second-order valence-electron chi connectivity index (χ2n) is 8.69. The minimum atomic E-state index is -0.00949. The number of hydrogen-bond acceptors (Lipinski definition) is 4. The number of nitrogens with zero attached hydrogens (tertiary/aromatic N) is 2. The summed E-state index contributed by atoms with van der Waals surface area (Å²) in [6.45, 7) is 10.8. The Labute approximate surface area is 180 Å². The van der Waals surface area contributed by atoms with Crippen molar-refractivity contribution < 1.29 is 0 Å². The molecule has 2 heterocycles. The summed E-state index contributed by atoms with van der Waals surface area (Å²) in [5.41, 5.74) is 1.18. The van der Waals surface area contributed by atoms with Crippen molar-refractivity contribution in [2.24, 2.45) is 4.99 Å². The smallest absolute Gasteiger partial charge is 0.218 e. The number of hydrogen-bond donors (Lipinski definition) is 3. The number of anilines is 1. The van der Waals surface area contributed by atoms with Crippen LogP contribution in [0.15, 0.2) is 29.3 Å². The normalized spacial score (nSPS) is 19.6. The second kappa shape index (κ2) is 7.82. The highest BCUT2D eigenvalue weighted by molar-refractivity contribution is 7.07. The van der Waals surface area contributed by atoms with Crippen molar-refractivity contribution in [2.45, 2.75) is 64.6 Å². The van der Waals surface area contributed by atoms with Crippen LogP contribution >= 0.6 is 34.7 Å². The van der Waals surface area contributed by atoms with Crippen LogP contribution in [0.25, 0.3) is 0 Å². The predicted octanol–water partition coefficient (Wildman–Crippen LogP) is 5.27. The number of aromatic nitrogens is 1. The first-order valence-corrected chi connectivity index (χ1v) is 10.8. The van der Waals surface area contributed by atoms with Gasteiger partial charge in [-0.15, -0.1) is 0 Å². The molecule has 0 radical (unpaired) electrons. The van der Waals surface area contributed by atoms with E-state index in [0.717, 1.165) is 23.4 Å². The highest BCUT2D eigenvalue weighted by Gasteiger charge is 2.37. The summed E-state index contributed by atoms with van der Waals surface area (Å²) in [5, 5.41) is 16.4. The lowest BCUT2D eigenvalue weighted by molar-refractivity contribution is 0.164. The number of halogens is 2. The molecule has 0 aliphatic carbocycles. The van der Waals surface area contributed by atoms with E-state index in [2.05, 4.69) is 38.3 Å². The van der Waals surface area contributed by atoms with Crippen molar-refractivity contribution in [3.63, 3.8) is 0 Å². The zero-order valence-corrected chi connectivity index (χ0v) is 19.2. The second-order valence-corrected chi connectivity index (χ2v) is 10.7. The molecule has 1 aliphatic heterocycles. The molecule has 0 amide bonds. The van der Waals surface area contributed by atoms with Gasteiger partial charge in [-0.25, -0.2) is 8.95 Å². The molecule has 1 fully saturated rings. The van der Waals surface area contributed by atoms with E-state index in [1.165, 1.54) is 11.5 Å². The van der Waals surface area contributed by atoms with Crippen LogP contribution < -0.4 is 16.1 Å². The molecular formula is C20H27Cl2N5S. The fourth-order valence-corrected chi connectivity index (χ4v) is 5.08. The Hall–Kier alpha value is -1.34. The van der Waals surface area contributed by atoms with Gasteiger partial charge in [0, 0.05) is 21.6 Å². The van der Waals surface area contributed by atoms with Crippen LogP contribution in [-0.4, -0.2) is 27.0 Å². The van der Waals surface area contributed by atoms with Gasteiger partial charge in [-0.05, 0) is 71.7 Å². The number of nitrogens with one attached hydrogen (secondary N) is 3. The molecule has 3 N–H and O–H groups in total. The third-order valence-corrected chi connectivity index (χ3v) is 6.33. The molecule has 0 unspecified atom stereocenters. The summed E-state index contributed by atoms with van der Waals surface area (Å²) in [7, 11) is 0. The summed E-state index contributed by atoms with van der Waals surface area (Å²) in [5.74, 6) is 0.639. The van der Waals surface area contributed by atoms with Crippen LogP contribution in [0.5, 0.6) is 0 Å². The van der Waals surface area contributed by atoms with Crippen molar-refractivity contribution in [3.05, 3.63) is 44.7 Å². The van der Waals surface area contributed by atoms with Crippen LogP contribution in [0.2, 0.25) is 10.0 Å². The molecule has 3 rings (SSSR count). The Morgan fingerprint density at radius 3 is 2.36 bits per heavy atom. The van der Waals surface area contributed by atoms with Gasteiger partial charge >= 0.3 is 0 Å². The van der Waals surface area contributed by atoms with Crippen LogP contribution in [0.4, 0.5) is 5.69 Å². The molecule has 0 atom stereocenters. The molecular weight excluding hydrogens is 413 g/mol. The lowest BCUT2D eigenvalue weighted by Crippen LogP contribution is -2.59. The highest BCUT2D eigenvalue weighted by atomic mass is 35.5. The summed E-state index contributed by atoms with van der Waals surface area (Å²) in [4.78, 5) is 6.12. The summed E-state index contributed by atoms with van der Waals surface area (Å²) < 4.78 is 1.82. The maximum absolute atomic E-state index is 8.33. The van der Waals surface area contributed by atoms with Gasteiger partial charge < -0.3 is 10.6 Å². The Morgan fingerprint density at radius 2 is 1.82 bits per heavy atom. The molecule has 1 aromatic heterocycles. The molecule has 2 aromatic rings. The maximum Gasteiger partial charge on any atom is 0.218 e. The van der Waals surface area contributed by atoms with Crippen molar-refractivity contribution >= 4 is 46.4 Å². The van der Waals surface area contributed by atoms with E-state index >= 15 is 0 Å². The van der Waals surface area contributed by atoms with E-state index in [4.69, 9.17) is 33.6 Å². The average Bonchev–Trinajstić information content (AvgIpc) is 2.86. The third-order valence-electron chi connectivity index (χ3n) is 4.64. The van der Waals surface area contributed by atoms with Crippen LogP contribution in [0.1, 0.15) is 45.4 Å². The molecule has 5 nitrogen and oxygen atoms in total. The fourth-order valence-electron chi connectivity index (χ4n) is 4.00. The van der Waals surface area contributed by atoms with Gasteiger partial charge in [0.2, 0.25) is 5.96 Å². The number of benzene rings is 1. The molecule has 1 aliphatic rings. The Kier molecular flexibility index (Phi) is 5.97. The largest absolute Gasteiger partial charge is 0.325 e. The summed E-state index contributed by atoms with van der Waals surface area (Å²) >= 11 is 13.7. The van der Waals surface area contributed by atoms with E-state index < -0.39 is 0 Å². The first kappa shape index (κ1) is 21.4. The summed E-state index contributed by atoms with van der Waals surface area (Å²) in [6, 6.07) is 7.37. The van der Waals surface area contributed by atoms with E-state index in [0.29, 0.717) is 21.5 Å². The van der Waals surface area contributed by atoms with Crippen LogP contribution in [-0.2, 0) is 0 Å². The summed E-state index contributed by atoms with van der Waals surface area (Å²) in [6.07, 6.45) is 1.84.